The third-order valence-electron chi connectivity index (χ3n) is 1.81. The van der Waals surface area contributed by atoms with E-state index in [1.54, 1.807) is 0 Å². The van der Waals surface area contributed by atoms with Crippen LogP contribution in [0.1, 0.15) is 25.6 Å². The van der Waals surface area contributed by atoms with Crippen LogP contribution in [0.15, 0.2) is 6.33 Å². The largest absolute Gasteiger partial charge is 0.464 e. The molecule has 0 spiro atoms. The maximum Gasteiger partial charge on any atom is 0.327 e. The van der Waals surface area contributed by atoms with Gasteiger partial charge >= 0.3 is 5.97 Å². The van der Waals surface area contributed by atoms with Crippen LogP contribution >= 0.6 is 12.2 Å². The van der Waals surface area contributed by atoms with Crippen molar-refractivity contribution in [3.8, 4) is 0 Å². The summed E-state index contributed by atoms with van der Waals surface area (Å²) < 4.78 is 6.31. The molecule has 0 radical (unpaired) electrons. The summed E-state index contributed by atoms with van der Waals surface area (Å²) in [5, 5.41) is 3.92. The Morgan fingerprint density at radius 1 is 1.69 bits per heavy atom. The summed E-state index contributed by atoms with van der Waals surface area (Å²) in [5.41, 5.74) is 5.33. The van der Waals surface area contributed by atoms with Crippen LogP contribution in [0, 0.1) is 0 Å². The lowest BCUT2D eigenvalue weighted by Gasteiger charge is -2.02. The van der Waals surface area contributed by atoms with Gasteiger partial charge in [0.05, 0.1) is 6.61 Å². The predicted octanol–water partition coefficient (Wildman–Crippen LogP) is 0.256. The molecule has 0 aliphatic carbocycles. The first-order valence-electron chi connectivity index (χ1n) is 4.98. The molecule has 2 N–H and O–H groups in total. The molecule has 0 unspecified atom stereocenters. The van der Waals surface area contributed by atoms with Gasteiger partial charge in [-0.25, -0.2) is 9.67 Å². The van der Waals surface area contributed by atoms with E-state index in [4.69, 9.17) is 22.7 Å². The average Bonchev–Trinajstić information content (AvgIpc) is 2.66. The van der Waals surface area contributed by atoms with Gasteiger partial charge in [0.2, 0.25) is 5.82 Å². The van der Waals surface area contributed by atoms with Gasteiger partial charge in [0.1, 0.15) is 17.9 Å². The van der Waals surface area contributed by atoms with Crippen molar-refractivity contribution >= 4 is 23.2 Å². The highest BCUT2D eigenvalue weighted by Gasteiger charge is 2.07. The molecular weight excluding hydrogens is 228 g/mol. The zero-order chi connectivity index (χ0) is 12.0. The number of carbonyl (C=O) groups excluding carboxylic acids is 1. The molecule has 16 heavy (non-hydrogen) atoms. The number of carbonyl (C=O) groups is 1. The highest BCUT2D eigenvalue weighted by atomic mass is 32.1. The van der Waals surface area contributed by atoms with E-state index < -0.39 is 0 Å². The Balaban J connectivity index is 2.40. The Hall–Kier alpha value is -1.50. The van der Waals surface area contributed by atoms with Crippen molar-refractivity contribution in [1.82, 2.24) is 14.8 Å². The highest BCUT2D eigenvalue weighted by Crippen LogP contribution is 1.93. The van der Waals surface area contributed by atoms with Crippen LogP contribution in [0.25, 0.3) is 0 Å². The summed E-state index contributed by atoms with van der Waals surface area (Å²) in [7, 11) is 0. The summed E-state index contributed by atoms with van der Waals surface area (Å²) in [5.74, 6) is -0.0794. The Labute approximate surface area is 98.8 Å². The monoisotopic (exact) mass is 242 g/mol. The van der Waals surface area contributed by atoms with Crippen molar-refractivity contribution in [3.63, 3.8) is 0 Å². The van der Waals surface area contributed by atoms with E-state index in [-0.39, 0.29) is 23.3 Å². The molecule has 1 aromatic heterocycles. The van der Waals surface area contributed by atoms with E-state index in [0.717, 1.165) is 12.8 Å². The number of nitrogens with two attached hydrogens (primary N) is 1. The molecule has 7 heteroatoms. The molecule has 1 rings (SSSR count). The molecule has 0 saturated heterocycles. The molecule has 0 aromatic carbocycles. The van der Waals surface area contributed by atoms with Crippen molar-refractivity contribution in [2.45, 2.75) is 26.3 Å². The third kappa shape index (κ3) is 3.93. The molecule has 0 amide bonds. The second kappa shape index (κ2) is 6.16. The fourth-order valence-corrected chi connectivity index (χ4v) is 1.09. The molecule has 88 valence electrons. The van der Waals surface area contributed by atoms with Crippen LogP contribution in [0.5, 0.6) is 0 Å². The topological polar surface area (TPSA) is 83.0 Å². The van der Waals surface area contributed by atoms with Gasteiger partial charge in [0.25, 0.3) is 0 Å². The Morgan fingerprint density at radius 2 is 2.44 bits per heavy atom. The lowest BCUT2D eigenvalue weighted by Crippen LogP contribution is -2.16. The van der Waals surface area contributed by atoms with Gasteiger partial charge in [-0.1, -0.05) is 25.6 Å². The SMILES string of the molecule is CCCCOC(=O)Cn1cnc(C(N)=S)n1. The lowest BCUT2D eigenvalue weighted by atomic mass is 10.4. The van der Waals surface area contributed by atoms with Crippen LogP contribution in [0.4, 0.5) is 0 Å². The van der Waals surface area contributed by atoms with Crippen LogP contribution in [-0.4, -0.2) is 32.3 Å². The number of rotatable bonds is 6. The van der Waals surface area contributed by atoms with Crippen molar-refractivity contribution < 1.29 is 9.53 Å². The molecule has 0 atom stereocenters. The Kier molecular flexibility index (Phi) is 4.84. The number of unbranched alkanes of at least 4 members (excludes halogenated alkanes) is 1. The minimum absolute atomic E-state index is 0.0271. The van der Waals surface area contributed by atoms with E-state index in [1.807, 2.05) is 6.92 Å². The van der Waals surface area contributed by atoms with Crippen molar-refractivity contribution in [2.24, 2.45) is 5.73 Å². The second-order valence-electron chi connectivity index (χ2n) is 3.20. The van der Waals surface area contributed by atoms with Crippen molar-refractivity contribution in [1.29, 1.82) is 0 Å². The number of aromatic nitrogens is 3. The van der Waals surface area contributed by atoms with Gasteiger partial charge in [0, 0.05) is 0 Å². The van der Waals surface area contributed by atoms with Crippen molar-refractivity contribution in [3.05, 3.63) is 12.2 Å². The Morgan fingerprint density at radius 3 is 3.00 bits per heavy atom. The van der Waals surface area contributed by atoms with Gasteiger partial charge in [-0.05, 0) is 6.42 Å². The van der Waals surface area contributed by atoms with Gasteiger partial charge in [-0.2, -0.15) is 0 Å². The number of esters is 1. The molecule has 0 bridgehead atoms. The highest BCUT2D eigenvalue weighted by molar-refractivity contribution is 7.80. The third-order valence-corrected chi connectivity index (χ3v) is 1.99. The first kappa shape index (κ1) is 12.6. The number of hydrogen-bond donors (Lipinski definition) is 1. The normalized spacial score (nSPS) is 10.1. The van der Waals surface area contributed by atoms with E-state index in [9.17, 15) is 4.79 Å². The zero-order valence-electron chi connectivity index (χ0n) is 9.05. The van der Waals surface area contributed by atoms with Gasteiger partial charge in [0.15, 0.2) is 0 Å². The summed E-state index contributed by atoms with van der Waals surface area (Å²) in [4.78, 5) is 15.2. The molecule has 1 heterocycles. The summed E-state index contributed by atoms with van der Waals surface area (Å²) in [6.45, 7) is 2.49. The molecule has 1 aromatic rings. The summed E-state index contributed by atoms with van der Waals surface area (Å²) in [6, 6.07) is 0. The molecular formula is C9H14N4O2S. The van der Waals surface area contributed by atoms with Crippen molar-refractivity contribution in [2.75, 3.05) is 6.61 Å². The quantitative estimate of drug-likeness (QED) is 0.437. The second-order valence-corrected chi connectivity index (χ2v) is 3.64. The standard InChI is InChI=1S/C9H14N4O2S/c1-2-3-4-15-7(14)5-13-6-11-9(12-13)8(10)16/h6H,2-5H2,1H3,(H2,10,16). The van der Waals surface area contributed by atoms with E-state index in [2.05, 4.69) is 10.1 Å². The zero-order valence-corrected chi connectivity index (χ0v) is 9.87. The number of ether oxygens (including phenoxy) is 1. The smallest absolute Gasteiger partial charge is 0.327 e. The first-order valence-corrected chi connectivity index (χ1v) is 5.39. The number of hydrogen-bond acceptors (Lipinski definition) is 5. The predicted molar refractivity (Wildman–Crippen MR) is 61.8 cm³/mol. The van der Waals surface area contributed by atoms with Gasteiger partial charge in [-0.3, -0.25) is 4.79 Å². The van der Waals surface area contributed by atoms with Gasteiger partial charge < -0.3 is 10.5 Å². The Bertz CT molecular complexity index is 377. The van der Waals surface area contributed by atoms with Crippen LogP contribution in [0.2, 0.25) is 0 Å². The minimum atomic E-state index is -0.340. The van der Waals surface area contributed by atoms with Crippen LogP contribution < -0.4 is 5.73 Å². The summed E-state index contributed by atoms with van der Waals surface area (Å²) in [6.07, 6.45) is 3.25. The fourth-order valence-electron chi connectivity index (χ4n) is 0.992. The summed E-state index contributed by atoms with van der Waals surface area (Å²) >= 11 is 4.70. The van der Waals surface area contributed by atoms with E-state index in [1.165, 1.54) is 11.0 Å². The lowest BCUT2D eigenvalue weighted by molar-refractivity contribution is -0.144. The van der Waals surface area contributed by atoms with Gasteiger partial charge in [-0.15, -0.1) is 5.10 Å². The fraction of sp³-hybridized carbons (Fsp3) is 0.556. The molecule has 0 aliphatic rings. The number of nitrogens with zero attached hydrogens (tertiary/aromatic N) is 3. The molecule has 6 nitrogen and oxygen atoms in total. The maximum atomic E-state index is 11.3. The first-order chi connectivity index (χ1) is 7.63. The van der Waals surface area contributed by atoms with E-state index in [0.29, 0.717) is 6.61 Å². The minimum Gasteiger partial charge on any atom is -0.464 e. The maximum absolute atomic E-state index is 11.3. The van der Waals surface area contributed by atoms with Crippen LogP contribution in [0.3, 0.4) is 0 Å². The molecule has 0 saturated carbocycles. The number of thiocarbonyl (C=S) groups is 1. The molecule has 0 fully saturated rings. The average molecular weight is 242 g/mol. The van der Waals surface area contributed by atoms with Crippen LogP contribution in [-0.2, 0) is 16.1 Å². The molecule has 0 aliphatic heterocycles. The van der Waals surface area contributed by atoms with E-state index >= 15 is 0 Å².